The van der Waals surface area contributed by atoms with Crippen LogP contribution in [-0.4, -0.2) is 58.1 Å². The van der Waals surface area contributed by atoms with Crippen LogP contribution in [0.15, 0.2) is 28.6 Å². The lowest BCUT2D eigenvalue weighted by Crippen LogP contribution is -2.48. The summed E-state index contributed by atoms with van der Waals surface area (Å²) >= 11 is 2.56. The zero-order chi connectivity index (χ0) is 20.1. The standard InChI is InChI=1S/C18H23N5O3S2/c1-11-4-6-14(7-5-11)19-16(25)20-17-21-22-18(28-17)27-10-15(24)23-8-12(2)26-13(3)9-23/h4-7,12-13H,8-10H2,1-3H3,(H2,19,20,21,25)/t12-,13+. The number of carbonyl (C=O) groups is 2. The van der Waals surface area contributed by atoms with Gasteiger partial charge in [-0.25, -0.2) is 4.79 Å². The second-order valence-corrected chi connectivity index (χ2v) is 8.86. The van der Waals surface area contributed by atoms with E-state index >= 15 is 0 Å². The van der Waals surface area contributed by atoms with Gasteiger partial charge in [0, 0.05) is 18.8 Å². The first kappa shape index (κ1) is 20.6. The van der Waals surface area contributed by atoms with E-state index in [4.69, 9.17) is 4.74 Å². The minimum Gasteiger partial charge on any atom is -0.372 e. The van der Waals surface area contributed by atoms with E-state index in [2.05, 4.69) is 20.8 Å². The number of nitrogens with zero attached hydrogens (tertiary/aromatic N) is 3. The monoisotopic (exact) mass is 421 g/mol. The first-order valence-corrected chi connectivity index (χ1v) is 10.7. The molecule has 2 N–H and O–H groups in total. The number of hydrogen-bond acceptors (Lipinski definition) is 7. The lowest BCUT2D eigenvalue weighted by molar-refractivity contribution is -0.140. The number of ether oxygens (including phenoxy) is 1. The molecule has 1 aromatic carbocycles. The predicted octanol–water partition coefficient (Wildman–Crippen LogP) is 3.22. The molecule has 28 heavy (non-hydrogen) atoms. The molecule has 0 radical (unpaired) electrons. The van der Waals surface area contributed by atoms with Gasteiger partial charge in [0.05, 0.1) is 18.0 Å². The number of aryl methyl sites for hydroxylation is 1. The van der Waals surface area contributed by atoms with Gasteiger partial charge in [-0.15, -0.1) is 10.2 Å². The number of rotatable bonds is 5. The Morgan fingerprint density at radius 3 is 2.54 bits per heavy atom. The van der Waals surface area contributed by atoms with Crippen LogP contribution in [0.1, 0.15) is 19.4 Å². The number of thioether (sulfide) groups is 1. The second kappa shape index (κ2) is 9.35. The molecule has 0 unspecified atom stereocenters. The van der Waals surface area contributed by atoms with Gasteiger partial charge < -0.3 is 15.0 Å². The molecule has 0 spiro atoms. The van der Waals surface area contributed by atoms with Crippen molar-refractivity contribution in [2.24, 2.45) is 0 Å². The van der Waals surface area contributed by atoms with Gasteiger partial charge in [-0.1, -0.05) is 40.8 Å². The lowest BCUT2D eigenvalue weighted by atomic mass is 10.2. The summed E-state index contributed by atoms with van der Waals surface area (Å²) in [6, 6.07) is 7.11. The fourth-order valence-electron chi connectivity index (χ4n) is 2.81. The van der Waals surface area contributed by atoms with Crippen molar-refractivity contribution in [3.8, 4) is 0 Å². The smallest absolute Gasteiger partial charge is 0.325 e. The van der Waals surface area contributed by atoms with E-state index in [-0.39, 0.29) is 29.9 Å². The summed E-state index contributed by atoms with van der Waals surface area (Å²) in [5.41, 5.74) is 1.81. The van der Waals surface area contributed by atoms with Gasteiger partial charge in [0.2, 0.25) is 11.0 Å². The zero-order valence-corrected chi connectivity index (χ0v) is 17.6. The van der Waals surface area contributed by atoms with Crippen molar-refractivity contribution in [2.75, 3.05) is 29.5 Å². The van der Waals surface area contributed by atoms with Crippen LogP contribution in [0, 0.1) is 6.92 Å². The van der Waals surface area contributed by atoms with E-state index in [1.54, 1.807) is 0 Å². The van der Waals surface area contributed by atoms with Crippen LogP contribution < -0.4 is 10.6 Å². The second-order valence-electron chi connectivity index (χ2n) is 6.66. The summed E-state index contributed by atoms with van der Waals surface area (Å²) in [6.45, 7) is 7.12. The van der Waals surface area contributed by atoms with Crippen molar-refractivity contribution in [3.05, 3.63) is 29.8 Å². The predicted molar refractivity (Wildman–Crippen MR) is 111 cm³/mol. The Balaban J connectivity index is 1.46. The van der Waals surface area contributed by atoms with Gasteiger partial charge in [-0.3, -0.25) is 10.1 Å². The Morgan fingerprint density at radius 1 is 1.18 bits per heavy atom. The van der Waals surface area contributed by atoms with Crippen molar-refractivity contribution in [2.45, 2.75) is 37.3 Å². The van der Waals surface area contributed by atoms with Crippen LogP contribution in [0.2, 0.25) is 0 Å². The van der Waals surface area contributed by atoms with Gasteiger partial charge in [-0.05, 0) is 32.9 Å². The first-order chi connectivity index (χ1) is 13.4. The average Bonchev–Trinajstić information content (AvgIpc) is 3.08. The molecule has 1 fully saturated rings. The molecule has 10 heteroatoms. The van der Waals surface area contributed by atoms with Crippen molar-refractivity contribution in [1.82, 2.24) is 15.1 Å². The number of aromatic nitrogens is 2. The summed E-state index contributed by atoms with van der Waals surface area (Å²) in [5, 5.41) is 13.8. The highest BCUT2D eigenvalue weighted by molar-refractivity contribution is 8.01. The number of morpholine rings is 1. The highest BCUT2D eigenvalue weighted by Crippen LogP contribution is 2.26. The number of urea groups is 1. The fourth-order valence-corrected chi connectivity index (χ4v) is 4.46. The summed E-state index contributed by atoms with van der Waals surface area (Å²) in [4.78, 5) is 26.3. The highest BCUT2D eigenvalue weighted by Gasteiger charge is 2.26. The normalized spacial score (nSPS) is 19.3. The third-order valence-electron chi connectivity index (χ3n) is 4.03. The number of carbonyl (C=O) groups excluding carboxylic acids is 2. The third kappa shape index (κ3) is 5.91. The van der Waals surface area contributed by atoms with Crippen molar-refractivity contribution in [1.29, 1.82) is 0 Å². The quantitative estimate of drug-likeness (QED) is 0.568. The van der Waals surface area contributed by atoms with E-state index in [9.17, 15) is 9.59 Å². The highest BCUT2D eigenvalue weighted by atomic mass is 32.2. The van der Waals surface area contributed by atoms with Gasteiger partial charge in [0.15, 0.2) is 4.34 Å². The average molecular weight is 422 g/mol. The van der Waals surface area contributed by atoms with E-state index in [0.717, 1.165) is 5.56 Å². The molecule has 2 aromatic rings. The summed E-state index contributed by atoms with van der Waals surface area (Å²) in [6.07, 6.45) is 0.0872. The largest absolute Gasteiger partial charge is 0.372 e. The Morgan fingerprint density at radius 2 is 1.86 bits per heavy atom. The molecule has 1 aromatic heterocycles. The Bertz CT molecular complexity index is 817. The topological polar surface area (TPSA) is 96.4 Å². The van der Waals surface area contributed by atoms with Gasteiger partial charge in [0.1, 0.15) is 0 Å². The minimum absolute atomic E-state index is 0.0436. The molecule has 8 nitrogen and oxygen atoms in total. The maximum Gasteiger partial charge on any atom is 0.325 e. The first-order valence-electron chi connectivity index (χ1n) is 8.93. The van der Waals surface area contributed by atoms with Crippen LogP contribution in [0.25, 0.3) is 0 Å². The zero-order valence-electron chi connectivity index (χ0n) is 16.0. The van der Waals surface area contributed by atoms with Gasteiger partial charge in [-0.2, -0.15) is 0 Å². The Labute approximate surface area is 172 Å². The van der Waals surface area contributed by atoms with Crippen LogP contribution in [0.4, 0.5) is 15.6 Å². The lowest BCUT2D eigenvalue weighted by Gasteiger charge is -2.35. The van der Waals surface area contributed by atoms with E-state index in [0.29, 0.717) is 28.2 Å². The molecule has 2 atom stereocenters. The molecule has 0 bridgehead atoms. The van der Waals surface area contributed by atoms with Crippen LogP contribution in [0.5, 0.6) is 0 Å². The number of nitrogens with one attached hydrogen (secondary N) is 2. The molecule has 1 aliphatic heterocycles. The molecule has 1 aliphatic rings. The molecule has 3 amide bonds. The summed E-state index contributed by atoms with van der Waals surface area (Å²) in [7, 11) is 0. The Kier molecular flexibility index (Phi) is 6.87. The number of anilines is 2. The van der Waals surface area contributed by atoms with Crippen LogP contribution in [-0.2, 0) is 9.53 Å². The number of amides is 3. The third-order valence-corrected chi connectivity index (χ3v) is 5.98. The van der Waals surface area contributed by atoms with E-state index in [1.165, 1.54) is 23.1 Å². The summed E-state index contributed by atoms with van der Waals surface area (Å²) in [5.74, 6) is 0.331. The number of benzene rings is 1. The number of hydrogen-bond donors (Lipinski definition) is 2. The van der Waals surface area contributed by atoms with Crippen LogP contribution >= 0.6 is 23.1 Å². The fraction of sp³-hybridized carbons (Fsp3) is 0.444. The van der Waals surface area contributed by atoms with Crippen molar-refractivity contribution >= 4 is 45.9 Å². The van der Waals surface area contributed by atoms with Crippen LogP contribution in [0.3, 0.4) is 0 Å². The minimum atomic E-state index is -0.385. The van der Waals surface area contributed by atoms with Gasteiger partial charge >= 0.3 is 6.03 Å². The molecule has 3 rings (SSSR count). The Hall–Kier alpha value is -2.17. The van der Waals surface area contributed by atoms with E-state index < -0.39 is 0 Å². The molecule has 0 saturated carbocycles. The molecule has 150 valence electrons. The molecule has 2 heterocycles. The van der Waals surface area contributed by atoms with Crippen molar-refractivity contribution < 1.29 is 14.3 Å². The molecule has 1 saturated heterocycles. The molecule has 0 aliphatic carbocycles. The molecular formula is C18H23N5O3S2. The summed E-state index contributed by atoms with van der Waals surface area (Å²) < 4.78 is 6.28. The maximum absolute atomic E-state index is 12.4. The van der Waals surface area contributed by atoms with Gasteiger partial charge in [0.25, 0.3) is 0 Å². The SMILES string of the molecule is Cc1ccc(NC(=O)Nc2nnc(SCC(=O)N3C[C@@H](C)O[C@@H](C)C3)s2)cc1. The van der Waals surface area contributed by atoms with Crippen molar-refractivity contribution in [3.63, 3.8) is 0 Å². The maximum atomic E-state index is 12.4. The molecular weight excluding hydrogens is 398 g/mol. The van der Waals surface area contributed by atoms with E-state index in [1.807, 2.05) is 49.9 Å².